The number of carbonyl (C=O) groups is 2. The largest absolute Gasteiger partial charge is 0.478 e. The first-order valence-electron chi connectivity index (χ1n) is 9.13. The molecule has 0 heterocycles. The third-order valence-electron chi connectivity index (χ3n) is 6.59. The zero-order chi connectivity index (χ0) is 17.4. The van der Waals surface area contributed by atoms with E-state index in [1.54, 1.807) is 0 Å². The standard InChI is InChI=1S/C20H32O3/c1-12(2)15-8-9-20(5,18(15)19(22)23)10-17-13(3)6-7-16(17)14(4)11-21/h11-14,16-17H,6-10H2,1-5H3,(H,22,23)/t13-,14+,16+,17-,20+/m1/s1. The molecule has 0 aromatic rings. The number of allylic oxidation sites excluding steroid dienone is 1. The second-order valence-electron chi connectivity index (χ2n) is 8.50. The summed E-state index contributed by atoms with van der Waals surface area (Å²) in [7, 11) is 0. The number of carboxylic acid groups (broad SMARTS) is 1. The van der Waals surface area contributed by atoms with Crippen molar-refractivity contribution in [3.8, 4) is 0 Å². The molecule has 23 heavy (non-hydrogen) atoms. The first kappa shape index (κ1) is 18.2. The van der Waals surface area contributed by atoms with Gasteiger partial charge in [-0.2, -0.15) is 0 Å². The third-order valence-corrected chi connectivity index (χ3v) is 6.59. The van der Waals surface area contributed by atoms with Crippen LogP contribution in [-0.2, 0) is 9.59 Å². The summed E-state index contributed by atoms with van der Waals surface area (Å²) in [6.45, 7) is 10.6. The van der Waals surface area contributed by atoms with Gasteiger partial charge in [0, 0.05) is 16.9 Å². The van der Waals surface area contributed by atoms with E-state index in [2.05, 4.69) is 27.7 Å². The van der Waals surface area contributed by atoms with Crippen molar-refractivity contribution in [2.24, 2.45) is 35.0 Å². The lowest BCUT2D eigenvalue weighted by atomic mass is 9.69. The van der Waals surface area contributed by atoms with Crippen LogP contribution in [-0.4, -0.2) is 17.4 Å². The zero-order valence-electron chi connectivity index (χ0n) is 15.3. The van der Waals surface area contributed by atoms with Gasteiger partial charge in [0.25, 0.3) is 0 Å². The molecule has 0 unspecified atom stereocenters. The van der Waals surface area contributed by atoms with Crippen LogP contribution in [0, 0.1) is 35.0 Å². The van der Waals surface area contributed by atoms with Gasteiger partial charge in [-0.3, -0.25) is 0 Å². The highest BCUT2D eigenvalue weighted by atomic mass is 16.4. The Bertz CT molecular complexity index is 505. The normalized spacial score (nSPS) is 35.8. The minimum absolute atomic E-state index is 0.0804. The Labute approximate surface area is 140 Å². The van der Waals surface area contributed by atoms with Crippen LogP contribution >= 0.6 is 0 Å². The molecule has 0 aromatic carbocycles. The van der Waals surface area contributed by atoms with Crippen molar-refractivity contribution >= 4 is 12.3 Å². The lowest BCUT2D eigenvalue weighted by Gasteiger charge is -2.35. The summed E-state index contributed by atoms with van der Waals surface area (Å²) in [4.78, 5) is 23.2. The summed E-state index contributed by atoms with van der Waals surface area (Å²) in [5, 5.41) is 9.82. The molecule has 0 spiro atoms. The molecular formula is C20H32O3. The van der Waals surface area contributed by atoms with E-state index in [1.165, 1.54) is 0 Å². The van der Waals surface area contributed by atoms with Crippen LogP contribution in [0.1, 0.15) is 66.7 Å². The molecule has 0 amide bonds. The van der Waals surface area contributed by atoms with Gasteiger partial charge >= 0.3 is 5.97 Å². The fourth-order valence-corrected chi connectivity index (χ4v) is 5.16. The number of carboxylic acids is 1. The predicted octanol–water partition coefficient (Wildman–Crippen LogP) is 4.71. The smallest absolute Gasteiger partial charge is 0.332 e. The summed E-state index contributed by atoms with van der Waals surface area (Å²) < 4.78 is 0. The third kappa shape index (κ3) is 3.39. The molecule has 0 saturated heterocycles. The minimum Gasteiger partial charge on any atom is -0.478 e. The predicted molar refractivity (Wildman–Crippen MR) is 92.1 cm³/mol. The molecule has 5 atom stereocenters. The van der Waals surface area contributed by atoms with Crippen LogP contribution in [0.25, 0.3) is 0 Å². The summed E-state index contributed by atoms with van der Waals surface area (Å²) in [5.74, 6) is 1.10. The van der Waals surface area contributed by atoms with E-state index in [4.69, 9.17) is 0 Å². The molecular weight excluding hydrogens is 288 g/mol. The highest BCUT2D eigenvalue weighted by molar-refractivity contribution is 5.90. The highest BCUT2D eigenvalue weighted by Gasteiger charge is 2.46. The Morgan fingerprint density at radius 2 is 2.00 bits per heavy atom. The van der Waals surface area contributed by atoms with Crippen LogP contribution in [0.15, 0.2) is 11.1 Å². The Balaban J connectivity index is 2.30. The Morgan fingerprint density at radius 1 is 1.35 bits per heavy atom. The van der Waals surface area contributed by atoms with Gasteiger partial charge in [0.2, 0.25) is 0 Å². The number of aliphatic carboxylic acids is 1. The fourth-order valence-electron chi connectivity index (χ4n) is 5.16. The van der Waals surface area contributed by atoms with E-state index >= 15 is 0 Å². The molecule has 0 bridgehead atoms. The van der Waals surface area contributed by atoms with Crippen molar-refractivity contribution in [1.29, 1.82) is 0 Å². The molecule has 2 rings (SSSR count). The van der Waals surface area contributed by atoms with Gasteiger partial charge in [-0.1, -0.05) is 46.6 Å². The van der Waals surface area contributed by atoms with E-state index in [0.717, 1.165) is 44.0 Å². The van der Waals surface area contributed by atoms with Gasteiger partial charge in [-0.25, -0.2) is 4.79 Å². The topological polar surface area (TPSA) is 54.4 Å². The first-order valence-corrected chi connectivity index (χ1v) is 9.13. The van der Waals surface area contributed by atoms with Gasteiger partial charge in [0.05, 0.1) is 0 Å². The quantitative estimate of drug-likeness (QED) is 0.721. The average Bonchev–Trinajstić information content (AvgIpc) is 3.00. The molecule has 130 valence electrons. The second kappa shape index (κ2) is 6.78. The number of hydrogen-bond donors (Lipinski definition) is 1. The summed E-state index contributed by atoms with van der Waals surface area (Å²) in [6.07, 6.45) is 6.10. The van der Waals surface area contributed by atoms with Crippen LogP contribution in [0.5, 0.6) is 0 Å². The molecule has 3 nitrogen and oxygen atoms in total. The van der Waals surface area contributed by atoms with Gasteiger partial charge < -0.3 is 9.90 Å². The maximum absolute atomic E-state index is 11.9. The maximum atomic E-state index is 11.9. The molecule has 1 saturated carbocycles. The van der Waals surface area contributed by atoms with E-state index in [-0.39, 0.29) is 11.3 Å². The maximum Gasteiger partial charge on any atom is 0.332 e. The van der Waals surface area contributed by atoms with Crippen LogP contribution in [0.3, 0.4) is 0 Å². The summed E-state index contributed by atoms with van der Waals surface area (Å²) >= 11 is 0. The van der Waals surface area contributed by atoms with Crippen molar-refractivity contribution in [3.05, 3.63) is 11.1 Å². The van der Waals surface area contributed by atoms with Crippen molar-refractivity contribution < 1.29 is 14.7 Å². The Kier molecular flexibility index (Phi) is 5.37. The van der Waals surface area contributed by atoms with Crippen molar-refractivity contribution in [1.82, 2.24) is 0 Å². The van der Waals surface area contributed by atoms with Crippen LogP contribution in [0.4, 0.5) is 0 Å². The fraction of sp³-hybridized carbons (Fsp3) is 0.800. The van der Waals surface area contributed by atoms with Crippen molar-refractivity contribution in [2.45, 2.75) is 66.7 Å². The van der Waals surface area contributed by atoms with Crippen LogP contribution < -0.4 is 0 Å². The summed E-state index contributed by atoms with van der Waals surface area (Å²) in [5.41, 5.74) is 1.56. The Morgan fingerprint density at radius 3 is 2.52 bits per heavy atom. The molecule has 0 aromatic heterocycles. The zero-order valence-corrected chi connectivity index (χ0v) is 15.3. The highest BCUT2D eigenvalue weighted by Crippen LogP contribution is 2.54. The Hall–Kier alpha value is -1.12. The molecule has 0 radical (unpaired) electrons. The van der Waals surface area contributed by atoms with E-state index < -0.39 is 5.97 Å². The molecule has 2 aliphatic carbocycles. The van der Waals surface area contributed by atoms with E-state index in [1.807, 2.05) is 6.92 Å². The molecule has 1 fully saturated rings. The summed E-state index contributed by atoms with van der Waals surface area (Å²) in [6, 6.07) is 0. The lowest BCUT2D eigenvalue weighted by Crippen LogP contribution is -2.30. The van der Waals surface area contributed by atoms with Crippen molar-refractivity contribution in [2.75, 3.05) is 0 Å². The molecule has 0 aliphatic heterocycles. The SMILES string of the molecule is CC(C)C1=C(C(=O)O)[C@](C)(C[C@H]2[C@H]([C@@H](C)C=O)CC[C@H]2C)CC1. The minimum atomic E-state index is -0.737. The van der Waals surface area contributed by atoms with Crippen molar-refractivity contribution in [3.63, 3.8) is 0 Å². The van der Waals surface area contributed by atoms with E-state index in [9.17, 15) is 14.7 Å². The monoisotopic (exact) mass is 320 g/mol. The average molecular weight is 320 g/mol. The number of rotatable bonds is 6. The molecule has 1 N–H and O–H groups in total. The first-order chi connectivity index (χ1) is 10.7. The van der Waals surface area contributed by atoms with Gasteiger partial charge in [0.1, 0.15) is 6.29 Å². The lowest BCUT2D eigenvalue weighted by molar-refractivity contribution is -0.134. The van der Waals surface area contributed by atoms with E-state index in [0.29, 0.717) is 29.2 Å². The molecule has 3 heteroatoms. The van der Waals surface area contributed by atoms with Gasteiger partial charge in [-0.15, -0.1) is 0 Å². The van der Waals surface area contributed by atoms with Gasteiger partial charge in [0.15, 0.2) is 0 Å². The number of carbonyl (C=O) groups excluding carboxylic acids is 1. The van der Waals surface area contributed by atoms with Gasteiger partial charge in [-0.05, 0) is 49.4 Å². The second-order valence-corrected chi connectivity index (χ2v) is 8.50. The van der Waals surface area contributed by atoms with Crippen LogP contribution in [0.2, 0.25) is 0 Å². The molecule has 2 aliphatic rings. The number of hydrogen-bond acceptors (Lipinski definition) is 2. The number of aldehydes is 1.